The van der Waals surface area contributed by atoms with Gasteiger partial charge in [-0.3, -0.25) is 4.90 Å². The average molecular weight is 197 g/mol. The van der Waals surface area contributed by atoms with E-state index in [9.17, 15) is 4.79 Å². The van der Waals surface area contributed by atoms with Crippen molar-refractivity contribution >= 4 is 6.09 Å². The molecule has 0 aromatic heterocycles. The molecule has 0 saturated carbocycles. The van der Waals surface area contributed by atoms with E-state index in [1.165, 1.54) is 4.90 Å². The maximum atomic E-state index is 11.1. The minimum absolute atomic E-state index is 0.0936. The third kappa shape index (κ3) is 1.41. The van der Waals surface area contributed by atoms with E-state index in [2.05, 4.69) is 27.4 Å². The summed E-state index contributed by atoms with van der Waals surface area (Å²) < 4.78 is 0. The summed E-state index contributed by atoms with van der Waals surface area (Å²) in [6.45, 7) is 10.6. The monoisotopic (exact) mass is 197 g/mol. The van der Waals surface area contributed by atoms with Gasteiger partial charge in [-0.25, -0.2) is 4.79 Å². The molecule has 1 rings (SSSR count). The molecule has 1 amide bonds. The molecule has 1 fully saturated rings. The van der Waals surface area contributed by atoms with E-state index in [0.29, 0.717) is 6.54 Å². The van der Waals surface area contributed by atoms with E-state index in [0.717, 1.165) is 12.8 Å². The predicted molar refractivity (Wildman–Crippen MR) is 56.3 cm³/mol. The molecule has 1 saturated heterocycles. The van der Waals surface area contributed by atoms with Gasteiger partial charge in [0.25, 0.3) is 0 Å². The van der Waals surface area contributed by atoms with Crippen LogP contribution < -0.4 is 0 Å². The fourth-order valence-electron chi connectivity index (χ4n) is 2.41. The Morgan fingerprint density at radius 1 is 1.57 bits per heavy atom. The van der Waals surface area contributed by atoms with Gasteiger partial charge < -0.3 is 5.11 Å². The fourth-order valence-corrected chi connectivity index (χ4v) is 2.41. The van der Waals surface area contributed by atoms with Gasteiger partial charge in [0.2, 0.25) is 0 Å². The lowest BCUT2D eigenvalue weighted by Crippen LogP contribution is -2.53. The van der Waals surface area contributed by atoms with Crippen LogP contribution in [0.3, 0.4) is 0 Å². The molecule has 0 spiro atoms. The summed E-state index contributed by atoms with van der Waals surface area (Å²) in [5.74, 6) is 0. The molecule has 1 heterocycles. The average Bonchev–Trinajstić information content (AvgIpc) is 2.46. The third-order valence-corrected chi connectivity index (χ3v) is 3.29. The van der Waals surface area contributed by atoms with Crippen molar-refractivity contribution in [1.82, 2.24) is 4.90 Å². The molecular weight excluding hydrogens is 178 g/mol. The van der Waals surface area contributed by atoms with Gasteiger partial charge in [-0.05, 0) is 18.3 Å². The molecule has 0 aromatic rings. The molecule has 14 heavy (non-hydrogen) atoms. The number of carboxylic acid groups (broad SMARTS) is 1. The lowest BCUT2D eigenvalue weighted by Gasteiger charge is -2.44. The van der Waals surface area contributed by atoms with Gasteiger partial charge >= 0.3 is 6.09 Å². The molecule has 3 heteroatoms. The highest BCUT2D eigenvalue weighted by atomic mass is 16.4. The van der Waals surface area contributed by atoms with Crippen molar-refractivity contribution in [2.24, 2.45) is 5.41 Å². The second kappa shape index (κ2) is 3.30. The normalized spacial score (nSPS) is 27.8. The highest BCUT2D eigenvalue weighted by Crippen LogP contribution is 2.44. The molecule has 0 bridgehead atoms. The zero-order valence-electron chi connectivity index (χ0n) is 9.21. The number of hydrogen-bond donors (Lipinski definition) is 1. The Morgan fingerprint density at radius 2 is 2.14 bits per heavy atom. The van der Waals surface area contributed by atoms with Gasteiger partial charge in [0.05, 0.1) is 5.54 Å². The molecule has 0 aromatic carbocycles. The van der Waals surface area contributed by atoms with Crippen molar-refractivity contribution in [2.75, 3.05) is 6.54 Å². The third-order valence-electron chi connectivity index (χ3n) is 3.29. The summed E-state index contributed by atoms with van der Waals surface area (Å²) >= 11 is 0. The molecule has 0 unspecified atom stereocenters. The molecule has 3 nitrogen and oxygen atoms in total. The number of carbonyl (C=O) groups is 1. The number of rotatable bonds is 1. The number of amides is 1. The Balaban J connectivity index is 3.10. The van der Waals surface area contributed by atoms with Gasteiger partial charge in [-0.2, -0.15) is 0 Å². The number of likely N-dealkylation sites (tertiary alicyclic amines) is 1. The van der Waals surface area contributed by atoms with Crippen LogP contribution in [0.15, 0.2) is 12.7 Å². The quantitative estimate of drug-likeness (QED) is 0.656. The Kier molecular flexibility index (Phi) is 2.61. The Hall–Kier alpha value is -0.990. The summed E-state index contributed by atoms with van der Waals surface area (Å²) in [6.07, 6.45) is 2.77. The van der Waals surface area contributed by atoms with Crippen molar-refractivity contribution < 1.29 is 9.90 Å². The minimum Gasteiger partial charge on any atom is -0.465 e. The first-order chi connectivity index (χ1) is 6.35. The zero-order valence-corrected chi connectivity index (χ0v) is 9.21. The Labute approximate surface area is 85.4 Å². The van der Waals surface area contributed by atoms with Crippen LogP contribution in [-0.4, -0.2) is 28.2 Å². The highest BCUT2D eigenvalue weighted by molar-refractivity contribution is 5.67. The van der Waals surface area contributed by atoms with Crippen molar-refractivity contribution in [1.29, 1.82) is 0 Å². The summed E-state index contributed by atoms with van der Waals surface area (Å²) in [7, 11) is 0. The van der Waals surface area contributed by atoms with Gasteiger partial charge in [0, 0.05) is 6.54 Å². The van der Waals surface area contributed by atoms with Crippen molar-refractivity contribution in [3.8, 4) is 0 Å². The molecule has 80 valence electrons. The second-order valence-electron chi connectivity index (χ2n) is 4.92. The smallest absolute Gasteiger partial charge is 0.408 e. The summed E-state index contributed by atoms with van der Waals surface area (Å²) in [5.41, 5.74) is -0.484. The van der Waals surface area contributed by atoms with Crippen LogP contribution in [0.5, 0.6) is 0 Å². The van der Waals surface area contributed by atoms with Crippen LogP contribution >= 0.6 is 0 Å². The van der Waals surface area contributed by atoms with Crippen LogP contribution in [0.25, 0.3) is 0 Å². The first-order valence-electron chi connectivity index (χ1n) is 4.99. The molecule has 1 aliphatic rings. The van der Waals surface area contributed by atoms with Gasteiger partial charge in [0.1, 0.15) is 0 Å². The molecule has 1 N–H and O–H groups in total. The SMILES string of the molecule is C=C[C@]1(C(C)(C)C)CCCN1C(=O)O. The summed E-state index contributed by atoms with van der Waals surface area (Å²) in [6, 6.07) is 0. The summed E-state index contributed by atoms with van der Waals surface area (Å²) in [5, 5.41) is 9.12. The lowest BCUT2D eigenvalue weighted by molar-refractivity contribution is 0.0643. The Morgan fingerprint density at radius 3 is 2.43 bits per heavy atom. The van der Waals surface area contributed by atoms with E-state index in [4.69, 9.17) is 5.11 Å². The maximum absolute atomic E-state index is 11.1. The first-order valence-corrected chi connectivity index (χ1v) is 4.99. The van der Waals surface area contributed by atoms with Crippen LogP contribution in [0, 0.1) is 5.41 Å². The van der Waals surface area contributed by atoms with E-state index >= 15 is 0 Å². The second-order valence-corrected chi connectivity index (χ2v) is 4.92. The number of hydrogen-bond acceptors (Lipinski definition) is 1. The van der Waals surface area contributed by atoms with Crippen molar-refractivity contribution in [3.05, 3.63) is 12.7 Å². The van der Waals surface area contributed by atoms with Gasteiger partial charge in [0.15, 0.2) is 0 Å². The predicted octanol–water partition coefficient (Wildman–Crippen LogP) is 2.73. The molecule has 1 atom stereocenters. The van der Waals surface area contributed by atoms with E-state index in [1.54, 1.807) is 6.08 Å². The maximum Gasteiger partial charge on any atom is 0.408 e. The van der Waals surface area contributed by atoms with E-state index < -0.39 is 11.6 Å². The van der Waals surface area contributed by atoms with Crippen LogP contribution in [0.4, 0.5) is 4.79 Å². The van der Waals surface area contributed by atoms with E-state index in [-0.39, 0.29) is 5.41 Å². The molecule has 0 aliphatic carbocycles. The fraction of sp³-hybridized carbons (Fsp3) is 0.727. The largest absolute Gasteiger partial charge is 0.465 e. The van der Waals surface area contributed by atoms with Crippen LogP contribution in [0.1, 0.15) is 33.6 Å². The standard InChI is InChI=1S/C11H19NO2/c1-5-11(10(2,3)4)7-6-8-12(11)9(13)14/h5H,1,6-8H2,2-4H3,(H,13,14)/t11-/m1/s1. The highest BCUT2D eigenvalue weighted by Gasteiger charge is 2.49. The zero-order chi connectivity index (χ0) is 11.0. The van der Waals surface area contributed by atoms with Crippen LogP contribution in [0.2, 0.25) is 0 Å². The first kappa shape index (κ1) is 11.1. The van der Waals surface area contributed by atoms with Gasteiger partial charge in [-0.15, -0.1) is 6.58 Å². The van der Waals surface area contributed by atoms with Gasteiger partial charge in [-0.1, -0.05) is 26.8 Å². The Bertz CT molecular complexity index is 255. The number of nitrogens with zero attached hydrogens (tertiary/aromatic N) is 1. The topological polar surface area (TPSA) is 40.5 Å². The lowest BCUT2D eigenvalue weighted by atomic mass is 9.72. The van der Waals surface area contributed by atoms with Crippen molar-refractivity contribution in [3.63, 3.8) is 0 Å². The molecule has 0 radical (unpaired) electrons. The summed E-state index contributed by atoms with van der Waals surface area (Å²) in [4.78, 5) is 12.6. The van der Waals surface area contributed by atoms with Crippen molar-refractivity contribution in [2.45, 2.75) is 39.2 Å². The molecular formula is C11H19NO2. The molecule has 1 aliphatic heterocycles. The van der Waals surface area contributed by atoms with E-state index in [1.807, 2.05) is 0 Å². The van der Waals surface area contributed by atoms with Crippen LogP contribution in [-0.2, 0) is 0 Å². The minimum atomic E-state index is -0.836.